The van der Waals surface area contributed by atoms with E-state index >= 15 is 0 Å². The van der Waals surface area contributed by atoms with Gasteiger partial charge in [0.05, 0.1) is 15.0 Å². The largest absolute Gasteiger partial charge is 0.476 e. The molecule has 0 radical (unpaired) electrons. The molecule has 0 aliphatic rings. The summed E-state index contributed by atoms with van der Waals surface area (Å²) < 4.78 is 3.34. The molecule has 0 aliphatic carbocycles. The van der Waals surface area contributed by atoms with Crippen LogP contribution in [0.3, 0.4) is 0 Å². The number of nitrogens with zero attached hydrogens (tertiary/aromatic N) is 2. The van der Waals surface area contributed by atoms with Crippen LogP contribution >= 0.6 is 38.5 Å². The van der Waals surface area contributed by atoms with Crippen LogP contribution in [0.15, 0.2) is 28.7 Å². The third kappa shape index (κ3) is 2.84. The van der Waals surface area contributed by atoms with Crippen LogP contribution in [0.1, 0.15) is 35.9 Å². The predicted octanol–water partition coefficient (Wildman–Crippen LogP) is 4.06. The van der Waals surface area contributed by atoms with Gasteiger partial charge in [0, 0.05) is 4.47 Å². The molecular formula is C13H12BrIN2O2. The molecule has 2 rings (SSSR count). The fourth-order valence-corrected chi connectivity index (χ4v) is 3.43. The highest BCUT2D eigenvalue weighted by Crippen LogP contribution is 2.28. The van der Waals surface area contributed by atoms with E-state index in [0.717, 1.165) is 15.9 Å². The number of aromatic carboxylic acids is 1. The summed E-state index contributed by atoms with van der Waals surface area (Å²) in [5.41, 5.74) is 1.86. The highest BCUT2D eigenvalue weighted by Gasteiger charge is 2.23. The second-order valence-electron chi connectivity index (χ2n) is 4.40. The van der Waals surface area contributed by atoms with Gasteiger partial charge < -0.3 is 5.11 Å². The lowest BCUT2D eigenvalue weighted by molar-refractivity contribution is 0.0689. The van der Waals surface area contributed by atoms with Crippen LogP contribution in [0.4, 0.5) is 0 Å². The Morgan fingerprint density at radius 2 is 2.16 bits per heavy atom. The van der Waals surface area contributed by atoms with Crippen LogP contribution in [0.2, 0.25) is 0 Å². The molecule has 0 atom stereocenters. The maximum atomic E-state index is 11.2. The number of rotatable bonds is 3. The predicted molar refractivity (Wildman–Crippen MR) is 85.0 cm³/mol. The van der Waals surface area contributed by atoms with E-state index in [0.29, 0.717) is 3.57 Å². The van der Waals surface area contributed by atoms with Crippen LogP contribution in [0.5, 0.6) is 0 Å². The van der Waals surface area contributed by atoms with Gasteiger partial charge in [0.25, 0.3) is 0 Å². The van der Waals surface area contributed by atoms with E-state index < -0.39 is 5.97 Å². The van der Waals surface area contributed by atoms with Crippen molar-refractivity contribution < 1.29 is 9.90 Å². The Hall–Kier alpha value is -0.890. The molecular weight excluding hydrogens is 423 g/mol. The van der Waals surface area contributed by atoms with Gasteiger partial charge in [-0.2, -0.15) is 5.10 Å². The molecule has 1 N–H and O–H groups in total. The summed E-state index contributed by atoms with van der Waals surface area (Å²) in [4.78, 5) is 11.2. The average molecular weight is 435 g/mol. The number of carbonyl (C=O) groups is 1. The van der Waals surface area contributed by atoms with Gasteiger partial charge in [-0.1, -0.05) is 35.8 Å². The van der Waals surface area contributed by atoms with Crippen LogP contribution in [-0.2, 0) is 0 Å². The fourth-order valence-electron chi connectivity index (χ4n) is 1.85. The minimum absolute atomic E-state index is 0.101. The van der Waals surface area contributed by atoms with Crippen molar-refractivity contribution in [3.05, 3.63) is 43.7 Å². The van der Waals surface area contributed by atoms with E-state index in [2.05, 4.69) is 43.6 Å². The molecule has 4 nitrogen and oxygen atoms in total. The Morgan fingerprint density at radius 3 is 2.68 bits per heavy atom. The zero-order valence-corrected chi connectivity index (χ0v) is 14.1. The third-order valence-corrected chi connectivity index (χ3v) is 4.22. The number of carboxylic acids is 1. The maximum Gasteiger partial charge on any atom is 0.357 e. The summed E-state index contributed by atoms with van der Waals surface area (Å²) in [5.74, 6) is -0.813. The second-order valence-corrected chi connectivity index (χ2v) is 6.39. The zero-order chi connectivity index (χ0) is 14.2. The Labute approximate surface area is 133 Å². The molecule has 2 aromatic rings. The first-order chi connectivity index (χ1) is 8.91. The first-order valence-electron chi connectivity index (χ1n) is 5.69. The molecule has 0 bridgehead atoms. The lowest BCUT2D eigenvalue weighted by atomic mass is 10.1. The molecule has 1 aromatic heterocycles. The molecule has 19 heavy (non-hydrogen) atoms. The number of hydrogen-bond acceptors (Lipinski definition) is 2. The molecule has 0 spiro atoms. The van der Waals surface area contributed by atoms with Crippen molar-refractivity contribution >= 4 is 44.5 Å². The second kappa shape index (κ2) is 5.62. The smallest absolute Gasteiger partial charge is 0.357 e. The summed E-state index contributed by atoms with van der Waals surface area (Å²) >= 11 is 5.47. The van der Waals surface area contributed by atoms with Gasteiger partial charge in [-0.3, -0.25) is 0 Å². The van der Waals surface area contributed by atoms with Crippen molar-refractivity contribution in [1.29, 1.82) is 0 Å². The average Bonchev–Trinajstić information content (AvgIpc) is 2.67. The quantitative estimate of drug-likeness (QED) is 0.741. The summed E-state index contributed by atoms with van der Waals surface area (Å²) in [5, 5.41) is 13.4. The molecule has 0 saturated carbocycles. The van der Waals surface area contributed by atoms with Crippen LogP contribution in [0.25, 0.3) is 5.69 Å². The van der Waals surface area contributed by atoms with E-state index in [9.17, 15) is 9.90 Å². The van der Waals surface area contributed by atoms with E-state index in [4.69, 9.17) is 0 Å². The number of carboxylic acid groups (broad SMARTS) is 1. The van der Waals surface area contributed by atoms with Gasteiger partial charge in [0.1, 0.15) is 0 Å². The number of halogens is 2. The zero-order valence-electron chi connectivity index (χ0n) is 10.4. The van der Waals surface area contributed by atoms with Gasteiger partial charge in [-0.05, 0) is 46.7 Å². The van der Waals surface area contributed by atoms with Crippen molar-refractivity contribution in [3.8, 4) is 5.69 Å². The molecule has 1 aromatic carbocycles. The molecule has 0 aliphatic heterocycles. The summed E-state index contributed by atoms with van der Waals surface area (Å²) in [7, 11) is 0. The minimum atomic E-state index is -1.000. The van der Waals surface area contributed by atoms with Gasteiger partial charge in [0.15, 0.2) is 5.69 Å². The van der Waals surface area contributed by atoms with E-state index in [-0.39, 0.29) is 11.6 Å². The molecule has 1 heterocycles. The molecule has 6 heteroatoms. The fraction of sp³-hybridized carbons (Fsp3) is 0.231. The minimum Gasteiger partial charge on any atom is -0.476 e. The normalized spacial score (nSPS) is 11.0. The highest BCUT2D eigenvalue weighted by molar-refractivity contribution is 14.1. The standard InChI is InChI=1S/C13H12BrIN2O2/c1-7(2)12-10(15)11(13(18)19)16-17(12)9-5-3-4-8(14)6-9/h3-7H,1-2H3,(H,18,19). The van der Waals surface area contributed by atoms with Crippen molar-refractivity contribution in [3.63, 3.8) is 0 Å². The lowest BCUT2D eigenvalue weighted by Crippen LogP contribution is -2.05. The first kappa shape index (κ1) is 14.5. The van der Waals surface area contributed by atoms with Gasteiger partial charge in [-0.15, -0.1) is 0 Å². The van der Waals surface area contributed by atoms with Crippen LogP contribution in [0, 0.1) is 3.57 Å². The number of aromatic nitrogens is 2. The molecule has 0 unspecified atom stereocenters. The number of benzene rings is 1. The summed E-state index contributed by atoms with van der Waals surface area (Å²) in [6, 6.07) is 7.65. The lowest BCUT2D eigenvalue weighted by Gasteiger charge is -2.11. The molecule has 0 saturated heterocycles. The van der Waals surface area contributed by atoms with Gasteiger partial charge >= 0.3 is 5.97 Å². The Balaban J connectivity index is 2.69. The van der Waals surface area contributed by atoms with Gasteiger partial charge in [-0.25, -0.2) is 9.48 Å². The summed E-state index contributed by atoms with van der Waals surface area (Å²) in [6.07, 6.45) is 0. The van der Waals surface area contributed by atoms with E-state index in [1.54, 1.807) is 4.68 Å². The Kier molecular flexibility index (Phi) is 4.29. The Morgan fingerprint density at radius 1 is 1.47 bits per heavy atom. The monoisotopic (exact) mass is 434 g/mol. The Bertz CT molecular complexity index is 638. The van der Waals surface area contributed by atoms with Gasteiger partial charge in [0.2, 0.25) is 0 Å². The van der Waals surface area contributed by atoms with Crippen LogP contribution < -0.4 is 0 Å². The van der Waals surface area contributed by atoms with Crippen molar-refractivity contribution in [2.75, 3.05) is 0 Å². The van der Waals surface area contributed by atoms with Crippen LogP contribution in [-0.4, -0.2) is 20.9 Å². The first-order valence-corrected chi connectivity index (χ1v) is 7.56. The molecule has 100 valence electrons. The third-order valence-electron chi connectivity index (χ3n) is 2.66. The number of hydrogen-bond donors (Lipinski definition) is 1. The van der Waals surface area contributed by atoms with E-state index in [1.807, 2.05) is 38.1 Å². The SMILES string of the molecule is CC(C)c1c(I)c(C(=O)O)nn1-c1cccc(Br)c1. The van der Waals surface area contributed by atoms with Crippen molar-refractivity contribution in [1.82, 2.24) is 9.78 Å². The molecule has 0 fully saturated rings. The molecule has 0 amide bonds. The summed E-state index contributed by atoms with van der Waals surface area (Å²) in [6.45, 7) is 4.05. The van der Waals surface area contributed by atoms with Crippen molar-refractivity contribution in [2.24, 2.45) is 0 Å². The van der Waals surface area contributed by atoms with E-state index in [1.165, 1.54) is 0 Å². The topological polar surface area (TPSA) is 55.1 Å². The maximum absolute atomic E-state index is 11.2. The highest BCUT2D eigenvalue weighted by atomic mass is 127. The van der Waals surface area contributed by atoms with Crippen molar-refractivity contribution in [2.45, 2.75) is 19.8 Å².